The normalized spacial score (nSPS) is 12.4. The molecule has 0 amide bonds. The second-order valence-corrected chi connectivity index (χ2v) is 7.24. The SMILES string of the molecule is COc1ccc2c(c1)C=Cc1cc(OC)ccc1C2=CCCN(C)SCl. The first-order chi connectivity index (χ1) is 12.7. The molecule has 0 saturated heterocycles. The Morgan fingerprint density at radius 1 is 0.962 bits per heavy atom. The van der Waals surface area contributed by atoms with E-state index in [1.807, 2.05) is 23.5 Å². The molecule has 0 N–H and O–H groups in total. The Labute approximate surface area is 163 Å². The van der Waals surface area contributed by atoms with Gasteiger partial charge in [-0.2, -0.15) is 0 Å². The predicted octanol–water partition coefficient (Wildman–Crippen LogP) is 5.74. The fraction of sp³-hybridized carbons (Fsp3) is 0.238. The molecule has 0 spiro atoms. The van der Waals surface area contributed by atoms with Gasteiger partial charge in [0.05, 0.1) is 14.2 Å². The van der Waals surface area contributed by atoms with E-state index in [1.165, 1.54) is 27.9 Å². The van der Waals surface area contributed by atoms with Gasteiger partial charge in [0.15, 0.2) is 0 Å². The third kappa shape index (κ3) is 4.09. The van der Waals surface area contributed by atoms with Crippen molar-refractivity contribution in [1.82, 2.24) is 4.31 Å². The molecular formula is C21H22ClNO2S. The van der Waals surface area contributed by atoms with E-state index in [0.717, 1.165) is 35.6 Å². The standard InChI is InChI=1S/C21H22ClNO2S/c1-23(26-22)12-4-5-21-19-10-8-17(24-2)13-15(19)6-7-16-14-18(25-3)9-11-20(16)21/h5-11,13-14H,4,12H2,1-3H3. The van der Waals surface area contributed by atoms with E-state index in [4.69, 9.17) is 20.2 Å². The maximum absolute atomic E-state index is 5.81. The van der Waals surface area contributed by atoms with E-state index < -0.39 is 0 Å². The van der Waals surface area contributed by atoms with Crippen LogP contribution in [0.4, 0.5) is 0 Å². The second-order valence-electron chi connectivity index (χ2n) is 6.07. The molecule has 0 radical (unpaired) electrons. The topological polar surface area (TPSA) is 21.7 Å². The molecule has 0 heterocycles. The van der Waals surface area contributed by atoms with Crippen LogP contribution in [0.3, 0.4) is 0 Å². The first-order valence-electron chi connectivity index (χ1n) is 8.41. The zero-order valence-corrected chi connectivity index (χ0v) is 16.7. The highest BCUT2D eigenvalue weighted by Gasteiger charge is 2.16. The van der Waals surface area contributed by atoms with Crippen LogP contribution in [0.5, 0.6) is 11.5 Å². The maximum atomic E-state index is 5.81. The Bertz CT molecular complexity index is 788. The molecule has 0 atom stereocenters. The van der Waals surface area contributed by atoms with Gasteiger partial charge in [-0.05, 0) is 76.2 Å². The summed E-state index contributed by atoms with van der Waals surface area (Å²) in [7, 11) is 11.2. The highest BCUT2D eigenvalue weighted by atomic mass is 35.7. The Kier molecular flexibility index (Phi) is 6.30. The average molecular weight is 388 g/mol. The molecule has 0 aliphatic heterocycles. The van der Waals surface area contributed by atoms with Crippen LogP contribution in [0.15, 0.2) is 42.5 Å². The Balaban J connectivity index is 2.08. The van der Waals surface area contributed by atoms with E-state index in [2.05, 4.69) is 42.5 Å². The van der Waals surface area contributed by atoms with Gasteiger partial charge < -0.3 is 9.47 Å². The van der Waals surface area contributed by atoms with Gasteiger partial charge in [-0.15, -0.1) is 0 Å². The van der Waals surface area contributed by atoms with Gasteiger partial charge in [-0.3, -0.25) is 0 Å². The molecular weight excluding hydrogens is 366 g/mol. The minimum Gasteiger partial charge on any atom is -0.497 e. The molecule has 1 aliphatic carbocycles. The molecule has 0 fully saturated rings. The number of rotatable bonds is 6. The molecule has 0 saturated carbocycles. The zero-order valence-electron chi connectivity index (χ0n) is 15.2. The summed E-state index contributed by atoms with van der Waals surface area (Å²) in [5.41, 5.74) is 5.91. The minimum absolute atomic E-state index is 0.856. The summed E-state index contributed by atoms with van der Waals surface area (Å²) in [6, 6.07) is 12.4. The fourth-order valence-electron chi connectivity index (χ4n) is 3.07. The third-order valence-corrected chi connectivity index (χ3v) is 5.58. The molecule has 26 heavy (non-hydrogen) atoms. The van der Waals surface area contributed by atoms with E-state index in [9.17, 15) is 0 Å². The molecule has 2 aromatic rings. The van der Waals surface area contributed by atoms with E-state index in [1.54, 1.807) is 14.2 Å². The molecule has 1 aliphatic rings. The van der Waals surface area contributed by atoms with Gasteiger partial charge >= 0.3 is 0 Å². The van der Waals surface area contributed by atoms with Crippen LogP contribution in [0, 0.1) is 0 Å². The van der Waals surface area contributed by atoms with E-state index in [-0.39, 0.29) is 0 Å². The number of methoxy groups -OCH3 is 2. The monoisotopic (exact) mass is 387 g/mol. The van der Waals surface area contributed by atoms with Crippen LogP contribution in [-0.2, 0) is 0 Å². The van der Waals surface area contributed by atoms with Crippen LogP contribution in [0.25, 0.3) is 17.7 Å². The van der Waals surface area contributed by atoms with Crippen LogP contribution >= 0.6 is 21.8 Å². The molecule has 3 nitrogen and oxygen atoms in total. The van der Waals surface area contributed by atoms with Crippen molar-refractivity contribution in [2.45, 2.75) is 6.42 Å². The van der Waals surface area contributed by atoms with Gasteiger partial charge in [0.25, 0.3) is 0 Å². The number of halogens is 1. The maximum Gasteiger partial charge on any atom is 0.119 e. The summed E-state index contributed by atoms with van der Waals surface area (Å²) in [6.45, 7) is 0.877. The first-order valence-corrected chi connectivity index (χ1v) is 10.0. The van der Waals surface area contributed by atoms with Gasteiger partial charge in [0, 0.05) is 17.7 Å². The van der Waals surface area contributed by atoms with Gasteiger partial charge in [0.1, 0.15) is 11.5 Å². The van der Waals surface area contributed by atoms with Crippen molar-refractivity contribution in [3.8, 4) is 11.5 Å². The fourth-order valence-corrected chi connectivity index (χ4v) is 3.45. The van der Waals surface area contributed by atoms with Crippen LogP contribution in [0.1, 0.15) is 28.7 Å². The zero-order chi connectivity index (χ0) is 18.5. The quantitative estimate of drug-likeness (QED) is 0.502. The molecule has 2 aromatic carbocycles. The lowest BCUT2D eigenvalue weighted by Crippen LogP contribution is -2.07. The number of hydrogen-bond acceptors (Lipinski definition) is 4. The summed E-state index contributed by atoms with van der Waals surface area (Å²) < 4.78 is 12.8. The van der Waals surface area contributed by atoms with Crippen LogP contribution in [-0.4, -0.2) is 32.1 Å². The predicted molar refractivity (Wildman–Crippen MR) is 113 cm³/mol. The molecule has 0 bridgehead atoms. The largest absolute Gasteiger partial charge is 0.497 e. The van der Waals surface area contributed by atoms with Crippen molar-refractivity contribution in [2.75, 3.05) is 27.8 Å². The van der Waals surface area contributed by atoms with Crippen molar-refractivity contribution in [1.29, 1.82) is 0 Å². The van der Waals surface area contributed by atoms with Gasteiger partial charge in [-0.1, -0.05) is 30.4 Å². The number of nitrogens with zero attached hydrogens (tertiary/aromatic N) is 1. The smallest absolute Gasteiger partial charge is 0.119 e. The lowest BCUT2D eigenvalue weighted by Gasteiger charge is -2.15. The van der Waals surface area contributed by atoms with Crippen molar-refractivity contribution >= 4 is 39.6 Å². The van der Waals surface area contributed by atoms with Crippen molar-refractivity contribution in [3.63, 3.8) is 0 Å². The Morgan fingerprint density at radius 3 is 1.96 bits per heavy atom. The lowest BCUT2D eigenvalue weighted by atomic mass is 9.92. The van der Waals surface area contributed by atoms with Crippen molar-refractivity contribution in [3.05, 3.63) is 64.7 Å². The van der Waals surface area contributed by atoms with E-state index >= 15 is 0 Å². The number of fused-ring (bicyclic) bond motifs is 2. The molecule has 0 unspecified atom stereocenters. The summed E-state index contributed by atoms with van der Waals surface area (Å²) in [6.07, 6.45) is 7.46. The van der Waals surface area contributed by atoms with Crippen molar-refractivity contribution < 1.29 is 9.47 Å². The first kappa shape index (κ1) is 18.9. The highest BCUT2D eigenvalue weighted by Crippen LogP contribution is 2.37. The Morgan fingerprint density at radius 2 is 1.50 bits per heavy atom. The summed E-state index contributed by atoms with van der Waals surface area (Å²) >= 11 is 1.23. The van der Waals surface area contributed by atoms with Gasteiger partial charge in [-0.25, -0.2) is 4.31 Å². The molecule has 136 valence electrons. The summed E-state index contributed by atoms with van der Waals surface area (Å²) in [4.78, 5) is 0. The average Bonchev–Trinajstić information content (AvgIpc) is 2.83. The van der Waals surface area contributed by atoms with E-state index in [0.29, 0.717) is 0 Å². The van der Waals surface area contributed by atoms with Crippen molar-refractivity contribution in [2.24, 2.45) is 0 Å². The lowest BCUT2D eigenvalue weighted by molar-refractivity contribution is 0.414. The molecule has 0 aromatic heterocycles. The van der Waals surface area contributed by atoms with Gasteiger partial charge in [0.2, 0.25) is 0 Å². The molecule has 3 rings (SSSR count). The molecule has 5 heteroatoms. The minimum atomic E-state index is 0.856. The highest BCUT2D eigenvalue weighted by molar-refractivity contribution is 8.19. The summed E-state index contributed by atoms with van der Waals surface area (Å²) in [5.74, 6) is 1.71. The second kappa shape index (κ2) is 8.67. The van der Waals surface area contributed by atoms with Crippen LogP contribution < -0.4 is 9.47 Å². The third-order valence-electron chi connectivity index (χ3n) is 4.45. The number of benzene rings is 2. The Hall–Kier alpha value is -1.88. The number of hydrogen-bond donors (Lipinski definition) is 0. The summed E-state index contributed by atoms with van der Waals surface area (Å²) in [5, 5.41) is 0. The van der Waals surface area contributed by atoms with Crippen LogP contribution in [0.2, 0.25) is 0 Å². The number of ether oxygens (including phenoxy) is 2.